The molecule has 0 saturated heterocycles. The number of hydrogen-bond donors (Lipinski definition) is 2. The third kappa shape index (κ3) is 4.36. The summed E-state index contributed by atoms with van der Waals surface area (Å²) in [5.74, 6) is -0.187. The van der Waals surface area contributed by atoms with Gasteiger partial charge in [-0.2, -0.15) is 18.3 Å². The van der Waals surface area contributed by atoms with Crippen molar-refractivity contribution in [2.75, 3.05) is 19.0 Å². The zero-order valence-corrected chi connectivity index (χ0v) is 16.9. The van der Waals surface area contributed by atoms with Gasteiger partial charge in [-0.15, -0.1) is 0 Å². The maximum Gasteiger partial charge on any atom is 0.431 e. The molecular weight excluding hydrogens is 429 g/mol. The highest BCUT2D eigenvalue weighted by Crippen LogP contribution is 2.38. The third-order valence-corrected chi connectivity index (χ3v) is 5.08. The number of alkyl halides is 4. The van der Waals surface area contributed by atoms with Crippen molar-refractivity contribution < 1.29 is 22.7 Å². The minimum absolute atomic E-state index is 0.0427. The van der Waals surface area contributed by atoms with Crippen LogP contribution >= 0.6 is 15.9 Å². The molecule has 0 aromatic rings. The number of allylic oxidation sites excluding steroid dienone is 2. The van der Waals surface area contributed by atoms with E-state index in [1.165, 1.54) is 19.3 Å². The second-order valence-corrected chi connectivity index (χ2v) is 7.53. The molecule has 2 rings (SSSR count). The predicted molar refractivity (Wildman–Crippen MR) is 99.8 cm³/mol. The highest BCUT2D eigenvalue weighted by Gasteiger charge is 2.48. The molecule has 0 aromatic carbocycles. The van der Waals surface area contributed by atoms with Crippen molar-refractivity contribution in [1.29, 1.82) is 5.41 Å². The topological polar surface area (TPSA) is 77.8 Å². The van der Waals surface area contributed by atoms with Crippen LogP contribution in [0.2, 0.25) is 0 Å². The highest BCUT2D eigenvalue weighted by molar-refractivity contribution is 9.09. The van der Waals surface area contributed by atoms with Crippen molar-refractivity contribution in [3.63, 3.8) is 0 Å². The molecule has 10 heteroatoms. The number of rotatable bonds is 7. The average molecular weight is 451 g/mol. The summed E-state index contributed by atoms with van der Waals surface area (Å²) in [5, 5.41) is 16.8. The molecule has 0 fully saturated rings. The van der Waals surface area contributed by atoms with Crippen LogP contribution in [-0.4, -0.2) is 53.5 Å². The van der Waals surface area contributed by atoms with Crippen molar-refractivity contribution in [3.8, 4) is 0 Å². The van der Waals surface area contributed by atoms with Crippen LogP contribution in [0.3, 0.4) is 0 Å². The quantitative estimate of drug-likeness (QED) is 0.354. The number of carbonyl (C=O) groups is 1. The normalized spacial score (nSPS) is 19.7. The van der Waals surface area contributed by atoms with Crippen LogP contribution in [0, 0.1) is 10.8 Å². The Bertz CT molecular complexity index is 713. The zero-order valence-electron chi connectivity index (χ0n) is 15.3. The summed E-state index contributed by atoms with van der Waals surface area (Å²) >= 11 is 3.28. The van der Waals surface area contributed by atoms with Gasteiger partial charge in [-0.1, -0.05) is 15.9 Å². The van der Waals surface area contributed by atoms with Gasteiger partial charge in [0.05, 0.1) is 24.3 Å². The van der Waals surface area contributed by atoms with Crippen molar-refractivity contribution >= 4 is 33.3 Å². The Balaban J connectivity index is 2.27. The Morgan fingerprint density at radius 2 is 2.11 bits per heavy atom. The van der Waals surface area contributed by atoms with Crippen LogP contribution in [0.4, 0.5) is 13.2 Å². The molecule has 1 unspecified atom stereocenters. The standard InChI is InChI=1S/C17H22BrF3N4O2/c1-16(2,15(26)23-8-4-7-18)14(22)10-5-6-13(27-3)25-11(10)9-12(24-25)17(19,20)21/h5-6,11,22H,4,7-9H2,1-3H3,(H,23,26). The molecule has 2 heterocycles. The largest absolute Gasteiger partial charge is 0.481 e. The van der Waals surface area contributed by atoms with Crippen molar-refractivity contribution in [2.24, 2.45) is 10.5 Å². The maximum absolute atomic E-state index is 13.1. The van der Waals surface area contributed by atoms with E-state index in [4.69, 9.17) is 10.1 Å². The van der Waals surface area contributed by atoms with Gasteiger partial charge in [0.2, 0.25) is 11.8 Å². The molecule has 0 aromatic heterocycles. The Morgan fingerprint density at radius 1 is 1.44 bits per heavy atom. The van der Waals surface area contributed by atoms with E-state index in [2.05, 4.69) is 26.3 Å². The number of methoxy groups -OCH3 is 1. The molecule has 0 saturated carbocycles. The number of nitrogens with one attached hydrogen (secondary N) is 2. The predicted octanol–water partition coefficient (Wildman–Crippen LogP) is 3.35. The van der Waals surface area contributed by atoms with Gasteiger partial charge in [0.1, 0.15) is 5.71 Å². The Hall–Kier alpha value is -1.84. The number of nitrogens with zero attached hydrogens (tertiary/aromatic N) is 2. The van der Waals surface area contributed by atoms with Crippen molar-refractivity contribution in [1.82, 2.24) is 10.3 Å². The maximum atomic E-state index is 13.1. The van der Waals surface area contributed by atoms with E-state index < -0.39 is 29.8 Å². The number of fused-ring (bicyclic) bond motifs is 1. The summed E-state index contributed by atoms with van der Waals surface area (Å²) in [6.07, 6.45) is -1.24. The Kier molecular flexibility index (Phi) is 6.39. The van der Waals surface area contributed by atoms with Crippen LogP contribution in [0.25, 0.3) is 0 Å². The lowest BCUT2D eigenvalue weighted by molar-refractivity contribution is -0.126. The summed E-state index contributed by atoms with van der Waals surface area (Å²) in [5.41, 5.74) is -1.86. The van der Waals surface area contributed by atoms with Crippen LogP contribution in [0.1, 0.15) is 26.7 Å². The lowest BCUT2D eigenvalue weighted by atomic mass is 9.78. The van der Waals surface area contributed by atoms with Crippen LogP contribution in [-0.2, 0) is 9.53 Å². The van der Waals surface area contributed by atoms with Gasteiger partial charge in [-0.3, -0.25) is 4.79 Å². The fourth-order valence-electron chi connectivity index (χ4n) is 2.85. The van der Waals surface area contributed by atoms with E-state index in [9.17, 15) is 18.0 Å². The van der Waals surface area contributed by atoms with Gasteiger partial charge in [-0.05, 0) is 31.9 Å². The molecule has 150 valence electrons. The lowest BCUT2D eigenvalue weighted by Crippen LogP contribution is -2.46. The van der Waals surface area contributed by atoms with E-state index in [0.29, 0.717) is 12.1 Å². The first-order valence-electron chi connectivity index (χ1n) is 8.37. The summed E-state index contributed by atoms with van der Waals surface area (Å²) in [6.45, 7) is 3.62. The van der Waals surface area contributed by atoms with Gasteiger partial charge < -0.3 is 15.5 Å². The minimum atomic E-state index is -4.56. The summed E-state index contributed by atoms with van der Waals surface area (Å²) < 4.78 is 44.5. The second kappa shape index (κ2) is 8.04. The molecule has 6 nitrogen and oxygen atoms in total. The van der Waals surface area contributed by atoms with Crippen molar-refractivity contribution in [3.05, 3.63) is 23.6 Å². The molecule has 0 bridgehead atoms. The molecule has 1 atom stereocenters. The molecule has 0 aliphatic carbocycles. The molecule has 2 aliphatic rings. The molecular formula is C17H22BrF3N4O2. The number of carbonyl (C=O) groups excluding carboxylic acids is 1. The van der Waals surface area contributed by atoms with Crippen LogP contribution in [0.15, 0.2) is 28.7 Å². The van der Waals surface area contributed by atoms with Gasteiger partial charge in [0.25, 0.3) is 0 Å². The Morgan fingerprint density at radius 3 is 2.67 bits per heavy atom. The second-order valence-electron chi connectivity index (χ2n) is 6.74. The first kappa shape index (κ1) is 21.5. The SMILES string of the molecule is COC1=CC=C(C(=N)C(C)(C)C(=O)NCCCBr)C2CC(C(F)(F)F)=NN12. The summed E-state index contributed by atoms with van der Waals surface area (Å²) in [7, 11) is 1.34. The fraction of sp³-hybridized carbons (Fsp3) is 0.588. The zero-order chi connectivity index (χ0) is 20.4. The minimum Gasteiger partial charge on any atom is -0.481 e. The lowest BCUT2D eigenvalue weighted by Gasteiger charge is -2.34. The summed E-state index contributed by atoms with van der Waals surface area (Å²) in [6, 6.07) is -0.830. The van der Waals surface area contributed by atoms with Gasteiger partial charge >= 0.3 is 6.18 Å². The van der Waals surface area contributed by atoms with Crippen LogP contribution < -0.4 is 5.32 Å². The number of ether oxygens (including phenoxy) is 1. The van der Waals surface area contributed by atoms with E-state index in [-0.39, 0.29) is 17.5 Å². The highest BCUT2D eigenvalue weighted by atomic mass is 79.9. The number of hydrogen-bond acceptors (Lipinski definition) is 5. The van der Waals surface area contributed by atoms with E-state index in [0.717, 1.165) is 16.8 Å². The van der Waals surface area contributed by atoms with Gasteiger partial charge in [-0.25, -0.2) is 5.01 Å². The van der Waals surface area contributed by atoms with Gasteiger partial charge in [0, 0.05) is 24.4 Å². The van der Waals surface area contributed by atoms with E-state index in [1.807, 2.05) is 0 Å². The van der Waals surface area contributed by atoms with Gasteiger partial charge in [0.15, 0.2) is 0 Å². The Labute approximate surface area is 164 Å². The number of hydrazone groups is 1. The summed E-state index contributed by atoms with van der Waals surface area (Å²) in [4.78, 5) is 12.5. The van der Waals surface area contributed by atoms with Crippen LogP contribution in [0.5, 0.6) is 0 Å². The third-order valence-electron chi connectivity index (χ3n) is 4.51. The van der Waals surface area contributed by atoms with E-state index >= 15 is 0 Å². The monoisotopic (exact) mass is 450 g/mol. The number of amides is 1. The smallest absolute Gasteiger partial charge is 0.431 e. The molecule has 2 N–H and O–H groups in total. The molecule has 0 spiro atoms. The number of halogens is 4. The molecule has 27 heavy (non-hydrogen) atoms. The molecule has 0 radical (unpaired) electrons. The molecule has 1 amide bonds. The first-order valence-corrected chi connectivity index (χ1v) is 9.49. The molecule has 2 aliphatic heterocycles. The first-order chi connectivity index (χ1) is 12.5. The fourth-order valence-corrected chi connectivity index (χ4v) is 3.13. The van der Waals surface area contributed by atoms with E-state index in [1.54, 1.807) is 13.8 Å². The van der Waals surface area contributed by atoms with Crippen molar-refractivity contribution in [2.45, 2.75) is 38.9 Å². The average Bonchev–Trinajstić information content (AvgIpc) is 3.06.